The van der Waals surface area contributed by atoms with Crippen molar-refractivity contribution in [2.24, 2.45) is 0 Å². The van der Waals surface area contributed by atoms with Crippen molar-refractivity contribution >= 4 is 17.3 Å². The molecule has 6 nitrogen and oxygen atoms in total. The van der Waals surface area contributed by atoms with E-state index >= 15 is 0 Å². The molecular weight excluding hydrogens is 288 g/mol. The van der Waals surface area contributed by atoms with Crippen LogP contribution in [-0.4, -0.2) is 33.1 Å². The molecule has 2 aromatic heterocycles. The molecule has 21 heavy (non-hydrogen) atoms. The number of methoxy groups -OCH3 is 1. The first-order chi connectivity index (χ1) is 9.86. The van der Waals surface area contributed by atoms with Crippen molar-refractivity contribution in [3.63, 3.8) is 0 Å². The second-order valence-corrected chi connectivity index (χ2v) is 6.64. The summed E-state index contributed by atoms with van der Waals surface area (Å²) in [6, 6.07) is 0. The Morgan fingerprint density at radius 3 is 2.67 bits per heavy atom. The summed E-state index contributed by atoms with van der Waals surface area (Å²) in [6.07, 6.45) is 0.660. The van der Waals surface area contributed by atoms with Crippen LogP contribution in [0.15, 0.2) is 5.38 Å². The van der Waals surface area contributed by atoms with Crippen molar-refractivity contribution in [1.29, 1.82) is 0 Å². The summed E-state index contributed by atoms with van der Waals surface area (Å²) < 4.78 is 6.44. The van der Waals surface area contributed by atoms with E-state index in [0.717, 1.165) is 16.4 Å². The summed E-state index contributed by atoms with van der Waals surface area (Å²) in [6.45, 7) is 8.89. The Balaban J connectivity index is 2.26. The first-order valence-electron chi connectivity index (χ1n) is 6.82. The topological polar surface area (TPSA) is 69.9 Å². The van der Waals surface area contributed by atoms with Gasteiger partial charge in [-0.15, -0.1) is 16.4 Å². The number of nitrogens with zero attached hydrogens (tertiary/aromatic N) is 4. The van der Waals surface area contributed by atoms with E-state index in [1.165, 1.54) is 7.11 Å². The molecule has 0 aliphatic carbocycles. The van der Waals surface area contributed by atoms with Gasteiger partial charge in [0.05, 0.1) is 30.1 Å². The van der Waals surface area contributed by atoms with E-state index in [1.54, 1.807) is 16.0 Å². The highest BCUT2D eigenvalue weighted by atomic mass is 32.1. The number of rotatable bonds is 4. The van der Waals surface area contributed by atoms with Crippen LogP contribution in [0.5, 0.6) is 0 Å². The van der Waals surface area contributed by atoms with Gasteiger partial charge in [-0.2, -0.15) is 0 Å². The van der Waals surface area contributed by atoms with Gasteiger partial charge in [0.1, 0.15) is 0 Å². The first-order valence-corrected chi connectivity index (χ1v) is 7.70. The molecule has 0 bridgehead atoms. The molecule has 7 heteroatoms. The maximum atomic E-state index is 11.6. The summed E-state index contributed by atoms with van der Waals surface area (Å²) in [7, 11) is 1.34. The minimum atomic E-state index is -0.452. The van der Waals surface area contributed by atoms with Crippen LogP contribution in [0.2, 0.25) is 0 Å². The fourth-order valence-electron chi connectivity index (χ4n) is 1.94. The van der Waals surface area contributed by atoms with Gasteiger partial charge in [0.25, 0.3) is 0 Å². The van der Waals surface area contributed by atoms with Gasteiger partial charge in [-0.05, 0) is 6.42 Å². The fourth-order valence-corrected chi connectivity index (χ4v) is 2.84. The molecule has 0 unspecified atom stereocenters. The summed E-state index contributed by atoms with van der Waals surface area (Å²) in [5, 5.41) is 11.1. The minimum absolute atomic E-state index is 0.0377. The maximum absolute atomic E-state index is 11.6. The van der Waals surface area contributed by atoms with Crippen molar-refractivity contribution in [1.82, 2.24) is 20.0 Å². The smallest absolute Gasteiger partial charge is 0.360 e. The molecule has 2 aromatic rings. The molecule has 0 fully saturated rings. The lowest BCUT2D eigenvalue weighted by atomic mass is 9.98. The molecule has 0 aromatic carbocycles. The van der Waals surface area contributed by atoms with Crippen molar-refractivity contribution in [2.75, 3.05) is 7.11 Å². The lowest BCUT2D eigenvalue weighted by Gasteiger charge is -2.13. The Kier molecular flexibility index (Phi) is 4.41. The Morgan fingerprint density at radius 1 is 1.43 bits per heavy atom. The molecule has 2 rings (SSSR count). The maximum Gasteiger partial charge on any atom is 0.360 e. The molecule has 0 radical (unpaired) electrons. The van der Waals surface area contributed by atoms with Crippen LogP contribution in [0.4, 0.5) is 0 Å². The zero-order valence-corrected chi connectivity index (χ0v) is 13.8. The Bertz CT molecular complexity index is 640. The lowest BCUT2D eigenvalue weighted by molar-refractivity contribution is 0.0592. The van der Waals surface area contributed by atoms with E-state index in [1.807, 2.05) is 12.3 Å². The largest absolute Gasteiger partial charge is 0.464 e. The first kappa shape index (κ1) is 15.6. The van der Waals surface area contributed by atoms with Gasteiger partial charge in [-0.1, -0.05) is 32.9 Å². The lowest BCUT2D eigenvalue weighted by Crippen LogP contribution is -2.12. The SMILES string of the molecule is CCc1c(C(=O)OC)nnn1Cc1csc(C(C)(C)C)n1. The Hall–Kier alpha value is -1.76. The quantitative estimate of drug-likeness (QED) is 0.811. The number of carbonyl (C=O) groups is 1. The van der Waals surface area contributed by atoms with Crippen molar-refractivity contribution in [3.8, 4) is 0 Å². The van der Waals surface area contributed by atoms with Crippen LogP contribution in [0.1, 0.15) is 54.6 Å². The van der Waals surface area contributed by atoms with E-state index in [-0.39, 0.29) is 11.1 Å². The van der Waals surface area contributed by atoms with Crippen LogP contribution >= 0.6 is 11.3 Å². The summed E-state index contributed by atoms with van der Waals surface area (Å²) in [5.41, 5.74) is 2.02. The molecule has 114 valence electrons. The van der Waals surface area contributed by atoms with Crippen molar-refractivity contribution in [2.45, 2.75) is 46.1 Å². The molecule has 0 aliphatic heterocycles. The average Bonchev–Trinajstić information content (AvgIpc) is 3.04. The highest BCUT2D eigenvalue weighted by Gasteiger charge is 2.21. The number of carbonyl (C=O) groups excluding carboxylic acids is 1. The monoisotopic (exact) mass is 308 g/mol. The average molecular weight is 308 g/mol. The zero-order chi connectivity index (χ0) is 15.6. The van der Waals surface area contributed by atoms with Crippen LogP contribution < -0.4 is 0 Å². The molecule has 0 amide bonds. The summed E-state index contributed by atoms with van der Waals surface area (Å²) in [4.78, 5) is 16.3. The van der Waals surface area contributed by atoms with E-state index in [9.17, 15) is 4.79 Å². The van der Waals surface area contributed by atoms with Gasteiger partial charge in [0, 0.05) is 10.8 Å². The van der Waals surface area contributed by atoms with Crippen LogP contribution in [0.3, 0.4) is 0 Å². The van der Waals surface area contributed by atoms with Gasteiger partial charge in [-0.25, -0.2) is 14.5 Å². The standard InChI is InChI=1S/C14H20N4O2S/c1-6-10-11(12(19)20-5)16-17-18(10)7-9-8-21-13(15-9)14(2,3)4/h8H,6-7H2,1-5H3. The number of esters is 1. The minimum Gasteiger partial charge on any atom is -0.464 e. The van der Waals surface area contributed by atoms with E-state index < -0.39 is 5.97 Å². The molecule has 0 atom stereocenters. The molecular formula is C14H20N4O2S. The molecule has 0 spiro atoms. The summed E-state index contributed by atoms with van der Waals surface area (Å²) in [5.74, 6) is -0.452. The third-order valence-corrected chi connectivity index (χ3v) is 4.37. The molecule has 2 heterocycles. The highest BCUT2D eigenvalue weighted by molar-refractivity contribution is 7.09. The van der Waals surface area contributed by atoms with Gasteiger partial charge in [0.2, 0.25) is 0 Å². The van der Waals surface area contributed by atoms with Gasteiger partial charge in [0.15, 0.2) is 5.69 Å². The number of aromatic nitrogens is 4. The molecule has 0 saturated heterocycles. The zero-order valence-electron chi connectivity index (χ0n) is 13.0. The third kappa shape index (κ3) is 3.29. The van der Waals surface area contributed by atoms with E-state index in [2.05, 4.69) is 36.1 Å². The molecule has 0 aliphatic rings. The normalized spacial score (nSPS) is 11.7. The van der Waals surface area contributed by atoms with Gasteiger partial charge in [-0.3, -0.25) is 0 Å². The predicted octanol–water partition coefficient (Wildman–Crippen LogP) is 2.43. The van der Waals surface area contributed by atoms with Gasteiger partial charge >= 0.3 is 5.97 Å². The second kappa shape index (κ2) is 5.93. The number of hydrogen-bond donors (Lipinski definition) is 0. The van der Waals surface area contributed by atoms with E-state index in [0.29, 0.717) is 13.0 Å². The Morgan fingerprint density at radius 2 is 2.14 bits per heavy atom. The van der Waals surface area contributed by atoms with Crippen molar-refractivity contribution < 1.29 is 9.53 Å². The fraction of sp³-hybridized carbons (Fsp3) is 0.571. The number of thiazole rings is 1. The highest BCUT2D eigenvalue weighted by Crippen LogP contribution is 2.26. The predicted molar refractivity (Wildman–Crippen MR) is 80.7 cm³/mol. The number of ether oxygens (including phenoxy) is 1. The summed E-state index contributed by atoms with van der Waals surface area (Å²) >= 11 is 1.64. The van der Waals surface area contributed by atoms with Crippen LogP contribution in [0, 0.1) is 0 Å². The second-order valence-electron chi connectivity index (χ2n) is 5.78. The molecule has 0 N–H and O–H groups in total. The number of hydrogen-bond acceptors (Lipinski definition) is 6. The van der Waals surface area contributed by atoms with Gasteiger partial charge < -0.3 is 4.74 Å². The van der Waals surface area contributed by atoms with E-state index in [4.69, 9.17) is 4.74 Å². The molecule has 0 saturated carbocycles. The van der Waals surface area contributed by atoms with Crippen LogP contribution in [0.25, 0.3) is 0 Å². The third-order valence-electron chi connectivity index (χ3n) is 3.06. The van der Waals surface area contributed by atoms with Crippen molar-refractivity contribution in [3.05, 3.63) is 27.5 Å². The Labute approximate surface area is 128 Å². The van der Waals surface area contributed by atoms with Crippen LogP contribution in [-0.2, 0) is 23.1 Å².